The summed E-state index contributed by atoms with van der Waals surface area (Å²) in [7, 11) is 1.50. The van der Waals surface area contributed by atoms with E-state index < -0.39 is 52.9 Å². The molecule has 0 bridgehead atoms. The van der Waals surface area contributed by atoms with E-state index >= 15 is 0 Å². The van der Waals surface area contributed by atoms with Crippen molar-refractivity contribution in [3.63, 3.8) is 0 Å². The van der Waals surface area contributed by atoms with Gasteiger partial charge in [-0.1, -0.05) is 24.3 Å². The number of benzene rings is 2. The number of anilines is 1. The molecule has 2 unspecified atom stereocenters. The molecule has 0 aliphatic heterocycles. The fourth-order valence-electron chi connectivity index (χ4n) is 4.00. The van der Waals surface area contributed by atoms with E-state index in [2.05, 4.69) is 20.9 Å². The lowest BCUT2D eigenvalue weighted by Gasteiger charge is -2.29. The Kier molecular flexibility index (Phi) is 11.2. The molecule has 45 heavy (non-hydrogen) atoms. The highest BCUT2D eigenvalue weighted by atomic mass is 19.1. The van der Waals surface area contributed by atoms with Crippen LogP contribution in [0.2, 0.25) is 0 Å². The number of aliphatic carboxylic acids is 1. The van der Waals surface area contributed by atoms with E-state index in [1.165, 1.54) is 62.3 Å². The second-order valence-electron chi connectivity index (χ2n) is 11.6. The molecule has 3 rings (SSSR count). The minimum Gasteiger partial charge on any atom is -0.497 e. The Morgan fingerprint density at radius 1 is 1.00 bits per heavy atom. The maximum Gasteiger partial charge on any atom is 0.408 e. The maximum atomic E-state index is 13.4. The Hall–Kier alpha value is -4.98. The summed E-state index contributed by atoms with van der Waals surface area (Å²) < 4.78 is 30.6. The maximum absolute atomic E-state index is 13.4. The molecule has 1 heterocycles. The van der Waals surface area contributed by atoms with Crippen LogP contribution in [0.25, 0.3) is 0 Å². The van der Waals surface area contributed by atoms with E-state index in [0.717, 1.165) is 0 Å². The standard InChI is InChI=1S/C31H38FN5O8/c1-30(2,3)45-29(42)36-31(4,5)28(41)34-23(17-44-16-19-7-11-21(32)12-8-19)26(38)35-24-15-37(18-33-24)25(27(39)40)20-9-13-22(43-6)14-10-20/h7-15,18,23,25H,16-17H2,1-6H3,(H,34,41)(H,35,38)(H,36,42)(H,39,40). The Morgan fingerprint density at radius 2 is 1.64 bits per heavy atom. The zero-order chi connectivity index (χ0) is 33.4. The number of hydrogen-bond acceptors (Lipinski definition) is 8. The lowest BCUT2D eigenvalue weighted by molar-refractivity contribution is -0.139. The summed E-state index contributed by atoms with van der Waals surface area (Å²) in [4.78, 5) is 55.2. The summed E-state index contributed by atoms with van der Waals surface area (Å²) >= 11 is 0. The summed E-state index contributed by atoms with van der Waals surface area (Å²) in [6.45, 7) is 7.61. The van der Waals surface area contributed by atoms with Crippen LogP contribution in [0.3, 0.4) is 0 Å². The average molecular weight is 628 g/mol. The molecule has 3 aromatic rings. The first-order valence-electron chi connectivity index (χ1n) is 13.9. The topological polar surface area (TPSA) is 170 Å². The molecule has 3 amide bonds. The lowest BCUT2D eigenvalue weighted by Crippen LogP contribution is -2.59. The molecule has 1 aromatic heterocycles. The molecule has 0 aliphatic rings. The zero-order valence-electron chi connectivity index (χ0n) is 25.9. The molecule has 13 nitrogen and oxygen atoms in total. The van der Waals surface area contributed by atoms with Gasteiger partial charge in [-0.15, -0.1) is 0 Å². The number of methoxy groups -OCH3 is 1. The van der Waals surface area contributed by atoms with Crippen LogP contribution in [0.15, 0.2) is 61.1 Å². The van der Waals surface area contributed by atoms with Crippen LogP contribution in [0, 0.1) is 5.82 Å². The molecule has 14 heteroatoms. The number of nitrogens with zero attached hydrogens (tertiary/aromatic N) is 2. The Balaban J connectivity index is 1.76. The van der Waals surface area contributed by atoms with Gasteiger partial charge in [0, 0.05) is 6.20 Å². The van der Waals surface area contributed by atoms with Crippen molar-refractivity contribution >= 4 is 29.7 Å². The van der Waals surface area contributed by atoms with Crippen LogP contribution in [0.5, 0.6) is 5.75 Å². The number of carbonyl (C=O) groups is 4. The van der Waals surface area contributed by atoms with Crippen molar-refractivity contribution in [3.8, 4) is 5.75 Å². The number of carboxylic acids is 1. The fraction of sp³-hybridized carbons (Fsp3) is 0.387. The molecule has 0 saturated carbocycles. The molecule has 2 atom stereocenters. The SMILES string of the molecule is COc1ccc(C(C(=O)O)n2cnc(NC(=O)C(COCc3ccc(F)cc3)NC(=O)C(C)(C)NC(=O)OC(C)(C)C)c2)cc1. The number of ether oxygens (including phenoxy) is 3. The van der Waals surface area contributed by atoms with Crippen molar-refractivity contribution in [2.75, 3.05) is 19.0 Å². The molecule has 242 valence electrons. The van der Waals surface area contributed by atoms with E-state index in [0.29, 0.717) is 16.9 Å². The molecule has 0 spiro atoms. The number of carboxylic acid groups (broad SMARTS) is 1. The highest BCUT2D eigenvalue weighted by molar-refractivity contribution is 5.98. The van der Waals surface area contributed by atoms with Gasteiger partial charge in [0.25, 0.3) is 5.91 Å². The Labute approximate surface area is 260 Å². The van der Waals surface area contributed by atoms with Gasteiger partial charge in [-0.3, -0.25) is 9.59 Å². The van der Waals surface area contributed by atoms with Crippen molar-refractivity contribution in [3.05, 3.63) is 78.0 Å². The van der Waals surface area contributed by atoms with Crippen LogP contribution >= 0.6 is 0 Å². The van der Waals surface area contributed by atoms with E-state index in [4.69, 9.17) is 14.2 Å². The number of alkyl carbamates (subject to hydrolysis) is 1. The highest BCUT2D eigenvalue weighted by Gasteiger charge is 2.35. The fourth-order valence-corrected chi connectivity index (χ4v) is 4.00. The minimum atomic E-state index is -1.49. The van der Waals surface area contributed by atoms with Crippen molar-refractivity contribution in [2.24, 2.45) is 0 Å². The van der Waals surface area contributed by atoms with Gasteiger partial charge >= 0.3 is 12.1 Å². The van der Waals surface area contributed by atoms with Gasteiger partial charge in [-0.05, 0) is 70.0 Å². The average Bonchev–Trinajstić information content (AvgIpc) is 3.39. The molecule has 0 aliphatic carbocycles. The summed E-state index contributed by atoms with van der Waals surface area (Å²) in [5.41, 5.74) is -1.22. The van der Waals surface area contributed by atoms with E-state index in [1.54, 1.807) is 45.0 Å². The molecular formula is C31H38FN5O8. The number of halogens is 1. The first kappa shape index (κ1) is 34.5. The minimum absolute atomic E-state index is 0.0102. The number of amides is 3. The Morgan fingerprint density at radius 3 is 2.22 bits per heavy atom. The molecule has 4 N–H and O–H groups in total. The number of carbonyl (C=O) groups excluding carboxylic acids is 3. The summed E-state index contributed by atoms with van der Waals surface area (Å²) in [6.07, 6.45) is 1.77. The number of hydrogen-bond donors (Lipinski definition) is 4. The second kappa shape index (κ2) is 14.7. The van der Waals surface area contributed by atoms with Crippen LogP contribution in [0.1, 0.15) is 51.8 Å². The van der Waals surface area contributed by atoms with Crippen molar-refractivity contribution in [1.82, 2.24) is 20.2 Å². The molecular weight excluding hydrogens is 589 g/mol. The number of imidazole rings is 1. The van der Waals surface area contributed by atoms with Crippen LogP contribution in [-0.2, 0) is 30.5 Å². The third kappa shape index (κ3) is 10.3. The van der Waals surface area contributed by atoms with Gasteiger partial charge in [0.15, 0.2) is 11.9 Å². The first-order valence-corrected chi connectivity index (χ1v) is 13.9. The van der Waals surface area contributed by atoms with Gasteiger partial charge < -0.3 is 39.8 Å². The third-order valence-electron chi connectivity index (χ3n) is 6.29. The van der Waals surface area contributed by atoms with Gasteiger partial charge in [0.05, 0.1) is 26.7 Å². The third-order valence-corrected chi connectivity index (χ3v) is 6.29. The predicted molar refractivity (Wildman–Crippen MR) is 161 cm³/mol. The largest absolute Gasteiger partial charge is 0.497 e. The first-order chi connectivity index (χ1) is 21.1. The Bertz CT molecular complexity index is 1480. The second-order valence-corrected chi connectivity index (χ2v) is 11.6. The van der Waals surface area contributed by atoms with Gasteiger partial charge in [-0.25, -0.2) is 19.0 Å². The lowest BCUT2D eigenvalue weighted by atomic mass is 10.0. The van der Waals surface area contributed by atoms with Crippen LogP contribution in [-0.4, -0.2) is 69.4 Å². The van der Waals surface area contributed by atoms with Crippen molar-refractivity contribution in [1.29, 1.82) is 0 Å². The van der Waals surface area contributed by atoms with Crippen LogP contribution in [0.4, 0.5) is 15.0 Å². The van der Waals surface area contributed by atoms with E-state index in [1.807, 2.05) is 0 Å². The van der Waals surface area contributed by atoms with E-state index in [9.17, 15) is 28.7 Å². The number of aromatic nitrogens is 2. The number of nitrogens with one attached hydrogen (secondary N) is 3. The molecule has 2 aromatic carbocycles. The van der Waals surface area contributed by atoms with Gasteiger partial charge in [-0.2, -0.15) is 0 Å². The van der Waals surface area contributed by atoms with Gasteiger partial charge in [0.1, 0.15) is 28.7 Å². The molecule has 0 radical (unpaired) electrons. The normalized spacial score (nSPS) is 12.9. The quantitative estimate of drug-likeness (QED) is 0.221. The summed E-state index contributed by atoms with van der Waals surface area (Å²) in [6, 6.07) is 9.61. The summed E-state index contributed by atoms with van der Waals surface area (Å²) in [5, 5.41) is 17.5. The monoisotopic (exact) mass is 627 g/mol. The van der Waals surface area contributed by atoms with Gasteiger partial charge in [0.2, 0.25) is 5.91 Å². The molecule has 0 saturated heterocycles. The predicted octanol–water partition coefficient (Wildman–Crippen LogP) is 3.65. The van der Waals surface area contributed by atoms with E-state index in [-0.39, 0.29) is 19.0 Å². The smallest absolute Gasteiger partial charge is 0.408 e. The van der Waals surface area contributed by atoms with Crippen LogP contribution < -0.4 is 20.7 Å². The van der Waals surface area contributed by atoms with Crippen molar-refractivity contribution in [2.45, 2.75) is 64.4 Å². The highest BCUT2D eigenvalue weighted by Crippen LogP contribution is 2.23. The molecule has 0 fully saturated rings. The number of rotatable bonds is 13. The zero-order valence-corrected chi connectivity index (χ0v) is 25.9. The summed E-state index contributed by atoms with van der Waals surface area (Å²) in [5.74, 6) is -2.44. The van der Waals surface area contributed by atoms with Crippen molar-refractivity contribution < 1.29 is 42.9 Å².